The summed E-state index contributed by atoms with van der Waals surface area (Å²) < 4.78 is 37.5. The van der Waals surface area contributed by atoms with Crippen molar-refractivity contribution in [1.29, 1.82) is 0 Å². The Morgan fingerprint density at radius 2 is 0.871 bits per heavy atom. The van der Waals surface area contributed by atoms with Gasteiger partial charge in [-0.25, -0.2) is 0 Å². The number of carbonyl (C=O) groups is 1. The van der Waals surface area contributed by atoms with Gasteiger partial charge in [-0.3, -0.25) is 24.5 Å². The third-order valence-corrected chi connectivity index (χ3v) is 12.1. The van der Waals surface area contributed by atoms with E-state index < -0.39 is 32.3 Å². The van der Waals surface area contributed by atoms with Gasteiger partial charge in [0.15, 0.2) is 5.78 Å². The second-order valence-electron chi connectivity index (χ2n) is 18.8. The minimum absolute atomic E-state index is 0. The Bertz CT molecular complexity index is 1820. The average Bonchev–Trinajstić information content (AvgIpc) is 3.54. The predicted molar refractivity (Wildman–Crippen MR) is 251 cm³/mol. The monoisotopic (exact) mass is 1070 g/mol. The molecule has 0 aliphatic carbocycles. The molecule has 3 aromatic rings. The number of nitrogens with zero attached hydrogens (tertiary/aromatic N) is 3. The number of aliphatic hydroxyl groups is 2. The summed E-state index contributed by atoms with van der Waals surface area (Å²) >= 11 is 6.50. The zero-order valence-corrected chi connectivity index (χ0v) is 45.9. The van der Waals surface area contributed by atoms with E-state index in [0.717, 1.165) is 25.5 Å². The summed E-state index contributed by atoms with van der Waals surface area (Å²) in [6, 6.07) is 5.48. The Balaban J connectivity index is 0. The molecule has 12 nitrogen and oxygen atoms in total. The van der Waals surface area contributed by atoms with E-state index in [4.69, 9.17) is 27.9 Å². The van der Waals surface area contributed by atoms with E-state index in [9.17, 15) is 15.0 Å². The summed E-state index contributed by atoms with van der Waals surface area (Å²) in [6.45, 7) is 32.7. The fraction of sp³-hybridized carbons (Fsp3) is 0.595. The summed E-state index contributed by atoms with van der Waals surface area (Å²) in [4.78, 5) is 22.7. The van der Waals surface area contributed by atoms with Crippen LogP contribution in [0.1, 0.15) is 139 Å². The predicted octanol–water partition coefficient (Wildman–Crippen LogP) is 5.20. The number of hydrogen-bond acceptors (Lipinski definition) is 12. The zero-order valence-electron chi connectivity index (χ0n) is 39.8. The molecule has 342 valence electrons. The Morgan fingerprint density at radius 1 is 0.565 bits per heavy atom. The number of aromatic nitrogens is 3. The second-order valence-corrected chi connectivity index (χ2v) is 20.6. The van der Waals surface area contributed by atoms with Gasteiger partial charge in [0.2, 0.25) is 0 Å². The van der Waals surface area contributed by atoms with Gasteiger partial charge in [0.05, 0.1) is 44.8 Å². The summed E-state index contributed by atoms with van der Waals surface area (Å²) in [5, 5.41) is 19.6. The van der Waals surface area contributed by atoms with Crippen LogP contribution in [-0.4, -0.2) is 109 Å². The van der Waals surface area contributed by atoms with Crippen LogP contribution in [0.5, 0.6) is 0 Å². The zero-order chi connectivity index (χ0) is 44.5. The molecule has 0 atom stereocenters. The molecule has 0 radical (unpaired) electrons. The first-order valence-electron chi connectivity index (χ1n) is 19.3. The van der Waals surface area contributed by atoms with Crippen molar-refractivity contribution >= 4 is 87.3 Å². The van der Waals surface area contributed by atoms with Crippen molar-refractivity contribution in [2.75, 3.05) is 0 Å². The molecule has 6 rings (SSSR count). The molecule has 6 heterocycles. The number of halogens is 4. The molecule has 62 heavy (non-hydrogen) atoms. The van der Waals surface area contributed by atoms with Crippen LogP contribution in [0.4, 0.5) is 4.70 Å². The Hall–Kier alpha value is -0.869. The maximum atomic E-state index is 10.7. The van der Waals surface area contributed by atoms with Crippen LogP contribution in [0.25, 0.3) is 0 Å². The molecule has 3 aliphatic rings. The topological polar surface area (TPSA) is 152 Å². The van der Waals surface area contributed by atoms with E-state index in [0.29, 0.717) is 5.56 Å². The SMILES string of the molecule is CC(=O)c1cncc(Br)c1.CC(C)(O)c1cncc(B2OC(C)(C)C(C)(C)O2)c1.CC(C)(O)c1cncc(Br)c1.CC1(C)OB(B2OC(C)(C)C(C)(C)O2)OC1(C)C.F.[Br-].[CH3-].[Mg+2]. The first-order valence-corrected chi connectivity index (χ1v) is 20.9. The van der Waals surface area contributed by atoms with E-state index >= 15 is 0 Å². The normalized spacial score (nSPS) is 19.5. The third kappa shape index (κ3) is 16.5. The molecule has 0 saturated carbocycles. The molecule has 3 aliphatic heterocycles. The van der Waals surface area contributed by atoms with Crippen LogP contribution >= 0.6 is 31.9 Å². The number of ketones is 1. The van der Waals surface area contributed by atoms with Gasteiger partial charge in [-0.05, 0) is 162 Å². The van der Waals surface area contributed by atoms with Crippen LogP contribution in [0.2, 0.25) is 0 Å². The molecule has 0 aromatic carbocycles. The molecule has 3 aromatic heterocycles. The first-order chi connectivity index (χ1) is 26.1. The maximum absolute atomic E-state index is 10.7. The minimum atomic E-state index is -0.924. The Labute approximate surface area is 414 Å². The van der Waals surface area contributed by atoms with E-state index in [2.05, 4.69) is 46.8 Å². The van der Waals surface area contributed by atoms with Crippen LogP contribution in [0, 0.1) is 7.43 Å². The molecular formula is C42H66B3Br3FMgN3O9. The standard InChI is InChI=1S/C14H22BNO3.C12H24B2O4.C8H10BrNO.C7H6BrNO.CH3.BrH.FH.Mg/c1-12(2,17)10-7-11(9-16-8-10)15-18-13(3,4)14(5,6)19-15;1-9(2)10(3,4)16-13(15-9)14-17-11(5,6)12(7,8)18-14;1-8(2,11)6-3-7(9)5-10-4-6;1-5(10)6-2-7(8)4-9-3-6;;;;/h7-9,17H,1-6H3;1-8H3;3-5,11H,1-2H3;2-4H,1H3;1H3;2*1H;/q;;;;-1;;;+2/p-1. The molecule has 3 fully saturated rings. The summed E-state index contributed by atoms with van der Waals surface area (Å²) in [5.41, 5.74) is -0.890. The molecule has 0 unspecified atom stereocenters. The molecule has 0 bridgehead atoms. The fourth-order valence-corrected chi connectivity index (χ4v) is 5.98. The molecule has 0 amide bonds. The summed E-state index contributed by atoms with van der Waals surface area (Å²) in [6.07, 6.45) is 9.92. The molecule has 0 spiro atoms. The smallest absolute Gasteiger partial charge is 1.00 e. The van der Waals surface area contributed by atoms with Crippen molar-refractivity contribution in [3.63, 3.8) is 0 Å². The number of rotatable bonds is 5. The molecule has 20 heteroatoms. The van der Waals surface area contributed by atoms with Crippen LogP contribution in [0.3, 0.4) is 0 Å². The van der Waals surface area contributed by atoms with E-state index in [1.165, 1.54) is 6.92 Å². The van der Waals surface area contributed by atoms with Crippen LogP contribution in [-0.2, 0) is 39.1 Å². The van der Waals surface area contributed by atoms with Gasteiger partial charge in [-0.1, -0.05) is 6.07 Å². The largest absolute Gasteiger partial charge is 2.00 e. The van der Waals surface area contributed by atoms with Gasteiger partial charge < -0.3 is 62.5 Å². The van der Waals surface area contributed by atoms with Crippen molar-refractivity contribution in [3.8, 4) is 0 Å². The van der Waals surface area contributed by atoms with E-state index in [1.54, 1.807) is 70.9 Å². The average molecular weight is 1070 g/mol. The second kappa shape index (κ2) is 23.2. The van der Waals surface area contributed by atoms with Crippen molar-refractivity contribution in [1.82, 2.24) is 15.0 Å². The van der Waals surface area contributed by atoms with Crippen molar-refractivity contribution in [2.45, 2.75) is 163 Å². The first kappa shape index (κ1) is 63.2. The Kier molecular flexibility index (Phi) is 23.7. The van der Waals surface area contributed by atoms with Crippen molar-refractivity contribution < 1.29 is 64.6 Å². The van der Waals surface area contributed by atoms with Gasteiger partial charge in [0.25, 0.3) is 0 Å². The van der Waals surface area contributed by atoms with Crippen molar-refractivity contribution in [2.24, 2.45) is 0 Å². The van der Waals surface area contributed by atoms with Gasteiger partial charge >= 0.3 is 44.2 Å². The molecule has 2 N–H and O–H groups in total. The molecule has 3 saturated heterocycles. The summed E-state index contributed by atoms with van der Waals surface area (Å²) in [5.74, 6) is 0.0359. The number of pyridine rings is 3. The fourth-order valence-electron chi connectivity index (χ4n) is 5.25. The van der Waals surface area contributed by atoms with Gasteiger partial charge in [0, 0.05) is 68.3 Å². The van der Waals surface area contributed by atoms with Gasteiger partial charge in [-0.2, -0.15) is 0 Å². The third-order valence-electron chi connectivity index (χ3n) is 11.3. The summed E-state index contributed by atoms with van der Waals surface area (Å²) in [7, 11) is -1.40. The van der Waals surface area contributed by atoms with E-state index in [1.807, 2.05) is 95.2 Å². The van der Waals surface area contributed by atoms with Gasteiger partial charge in [0.1, 0.15) is 0 Å². The molecular weight excluding hydrogens is 1010 g/mol. The van der Waals surface area contributed by atoms with E-state index in [-0.39, 0.29) is 91.6 Å². The number of carbonyl (C=O) groups excluding carboxylic acids is 1. The Morgan fingerprint density at radius 3 is 1.16 bits per heavy atom. The number of Topliss-reactive ketones (excluding diaryl/α,β-unsaturated/α-hetero) is 1. The van der Waals surface area contributed by atoms with Crippen molar-refractivity contribution in [3.05, 3.63) is 88.4 Å². The van der Waals surface area contributed by atoms with Crippen LogP contribution in [0.15, 0.2) is 64.3 Å². The quantitative estimate of drug-likeness (QED) is 0.197. The maximum Gasteiger partial charge on any atom is 2.00 e. The van der Waals surface area contributed by atoms with Gasteiger partial charge in [-0.15, -0.1) is 0 Å². The number of hydrogen-bond donors (Lipinski definition) is 2. The minimum Gasteiger partial charge on any atom is -1.00 e. The van der Waals surface area contributed by atoms with Crippen LogP contribution < -0.4 is 22.4 Å².